The highest BCUT2D eigenvalue weighted by Gasteiger charge is 2.29. The lowest BCUT2D eigenvalue weighted by Gasteiger charge is -2.31. The summed E-state index contributed by atoms with van der Waals surface area (Å²) in [6, 6.07) is 5.77. The van der Waals surface area contributed by atoms with E-state index in [9.17, 15) is 5.11 Å². The first-order chi connectivity index (χ1) is 6.11. The third-order valence-electron chi connectivity index (χ3n) is 2.79. The molecule has 0 heterocycles. The van der Waals surface area contributed by atoms with Gasteiger partial charge in [-0.1, -0.05) is 23.7 Å². The predicted octanol–water partition coefficient (Wildman–Crippen LogP) is 2.88. The Morgan fingerprint density at radius 1 is 1.46 bits per heavy atom. The summed E-state index contributed by atoms with van der Waals surface area (Å²) in [5.41, 5.74) is 1.45. The van der Waals surface area contributed by atoms with Crippen molar-refractivity contribution in [2.75, 3.05) is 0 Å². The van der Waals surface area contributed by atoms with Gasteiger partial charge in [0.1, 0.15) is 0 Å². The first-order valence-electron chi connectivity index (χ1n) is 4.61. The van der Waals surface area contributed by atoms with E-state index in [1.165, 1.54) is 0 Å². The molecule has 0 saturated carbocycles. The summed E-state index contributed by atoms with van der Waals surface area (Å²) in [4.78, 5) is 0. The largest absolute Gasteiger partial charge is 0.385 e. The number of rotatable bonds is 0. The first kappa shape index (κ1) is 9.04. The summed E-state index contributed by atoms with van der Waals surface area (Å²) in [6.07, 6.45) is 2.84. The van der Waals surface area contributed by atoms with Crippen molar-refractivity contribution in [2.24, 2.45) is 0 Å². The average Bonchev–Trinajstić information content (AvgIpc) is 2.06. The second kappa shape index (κ2) is 3.00. The Kier molecular flexibility index (Phi) is 2.09. The van der Waals surface area contributed by atoms with Crippen LogP contribution in [0.15, 0.2) is 18.2 Å². The van der Waals surface area contributed by atoms with E-state index in [1.54, 1.807) is 0 Å². The van der Waals surface area contributed by atoms with Crippen LogP contribution >= 0.6 is 11.6 Å². The van der Waals surface area contributed by atoms with E-state index in [0.29, 0.717) is 0 Å². The van der Waals surface area contributed by atoms with Crippen LogP contribution in [0.3, 0.4) is 0 Å². The summed E-state index contributed by atoms with van der Waals surface area (Å²) < 4.78 is 0. The zero-order valence-electron chi connectivity index (χ0n) is 7.68. The highest BCUT2D eigenvalue weighted by Crippen LogP contribution is 2.37. The topological polar surface area (TPSA) is 20.2 Å². The highest BCUT2D eigenvalue weighted by molar-refractivity contribution is 6.31. The van der Waals surface area contributed by atoms with Gasteiger partial charge in [0.25, 0.3) is 0 Å². The maximum absolute atomic E-state index is 10.1. The molecule has 0 aliphatic heterocycles. The fraction of sp³-hybridized carbons (Fsp3) is 0.455. The third-order valence-corrected chi connectivity index (χ3v) is 3.14. The lowest BCUT2D eigenvalue weighted by atomic mass is 9.80. The van der Waals surface area contributed by atoms with Crippen LogP contribution in [0.5, 0.6) is 0 Å². The van der Waals surface area contributed by atoms with Gasteiger partial charge < -0.3 is 5.11 Å². The Labute approximate surface area is 83.3 Å². The summed E-state index contributed by atoms with van der Waals surface area (Å²) in [5.74, 6) is 0. The summed E-state index contributed by atoms with van der Waals surface area (Å²) >= 11 is 6.06. The Balaban J connectivity index is 2.58. The Morgan fingerprint density at radius 3 is 2.92 bits per heavy atom. The lowest BCUT2D eigenvalue weighted by Crippen LogP contribution is -2.26. The van der Waals surface area contributed by atoms with Crippen molar-refractivity contribution in [3.05, 3.63) is 34.3 Å². The zero-order chi connectivity index (χ0) is 9.47. The van der Waals surface area contributed by atoms with Gasteiger partial charge in [-0.05, 0) is 43.4 Å². The van der Waals surface area contributed by atoms with E-state index in [4.69, 9.17) is 11.6 Å². The van der Waals surface area contributed by atoms with Crippen LogP contribution in [0.2, 0.25) is 5.02 Å². The van der Waals surface area contributed by atoms with E-state index in [0.717, 1.165) is 35.4 Å². The van der Waals surface area contributed by atoms with E-state index < -0.39 is 5.60 Å². The molecule has 1 atom stereocenters. The molecule has 1 N–H and O–H groups in total. The van der Waals surface area contributed by atoms with Crippen LogP contribution in [-0.2, 0) is 12.0 Å². The Morgan fingerprint density at radius 2 is 2.23 bits per heavy atom. The number of aliphatic hydroxyl groups is 1. The molecule has 1 aliphatic rings. The maximum atomic E-state index is 10.1. The molecule has 0 saturated heterocycles. The number of hydrogen-bond acceptors (Lipinski definition) is 1. The zero-order valence-corrected chi connectivity index (χ0v) is 8.43. The van der Waals surface area contributed by atoms with Crippen molar-refractivity contribution in [3.63, 3.8) is 0 Å². The van der Waals surface area contributed by atoms with Gasteiger partial charge >= 0.3 is 0 Å². The molecule has 0 amide bonds. The van der Waals surface area contributed by atoms with Crippen molar-refractivity contribution < 1.29 is 5.11 Å². The minimum absolute atomic E-state index is 0.682. The van der Waals surface area contributed by atoms with Crippen molar-refractivity contribution >= 4 is 11.6 Å². The average molecular weight is 197 g/mol. The number of hydrogen-bond donors (Lipinski definition) is 1. The molecule has 1 aromatic carbocycles. The van der Waals surface area contributed by atoms with Gasteiger partial charge in [0.05, 0.1) is 5.60 Å². The van der Waals surface area contributed by atoms with E-state index in [2.05, 4.69) is 0 Å². The van der Waals surface area contributed by atoms with E-state index >= 15 is 0 Å². The SMILES string of the molecule is CC1(O)CCCc2c(Cl)cccc21. The van der Waals surface area contributed by atoms with Gasteiger partial charge in [-0.2, -0.15) is 0 Å². The van der Waals surface area contributed by atoms with E-state index in [1.807, 2.05) is 25.1 Å². The molecule has 1 unspecified atom stereocenters. The summed E-state index contributed by atoms with van der Waals surface area (Å²) in [5, 5.41) is 10.9. The highest BCUT2D eigenvalue weighted by atomic mass is 35.5. The first-order valence-corrected chi connectivity index (χ1v) is 4.99. The third kappa shape index (κ3) is 1.47. The Hall–Kier alpha value is -0.530. The smallest absolute Gasteiger partial charge is 0.0871 e. The monoisotopic (exact) mass is 196 g/mol. The quantitative estimate of drug-likeness (QED) is 0.677. The van der Waals surface area contributed by atoms with Crippen molar-refractivity contribution in [2.45, 2.75) is 31.8 Å². The number of benzene rings is 1. The Bertz CT molecular complexity index is 331. The lowest BCUT2D eigenvalue weighted by molar-refractivity contribution is 0.0387. The molecule has 0 fully saturated rings. The van der Waals surface area contributed by atoms with Crippen molar-refractivity contribution in [1.82, 2.24) is 0 Å². The van der Waals surface area contributed by atoms with Crippen LogP contribution < -0.4 is 0 Å². The van der Waals surface area contributed by atoms with Gasteiger partial charge in [0, 0.05) is 5.02 Å². The molecule has 0 spiro atoms. The van der Waals surface area contributed by atoms with Gasteiger partial charge in [-0.25, -0.2) is 0 Å². The minimum atomic E-state index is -0.682. The molecule has 13 heavy (non-hydrogen) atoms. The normalized spacial score (nSPS) is 27.0. The van der Waals surface area contributed by atoms with Crippen LogP contribution in [0.25, 0.3) is 0 Å². The minimum Gasteiger partial charge on any atom is -0.385 e. The molecule has 0 radical (unpaired) electrons. The van der Waals surface area contributed by atoms with Crippen molar-refractivity contribution in [1.29, 1.82) is 0 Å². The molecule has 1 aromatic rings. The molecule has 0 bridgehead atoms. The van der Waals surface area contributed by atoms with E-state index in [-0.39, 0.29) is 0 Å². The summed E-state index contributed by atoms with van der Waals surface area (Å²) in [7, 11) is 0. The van der Waals surface area contributed by atoms with Crippen LogP contribution in [0.4, 0.5) is 0 Å². The second-order valence-electron chi connectivity index (χ2n) is 3.89. The molecule has 2 rings (SSSR count). The molecule has 1 nitrogen and oxygen atoms in total. The standard InChI is InChI=1S/C11H13ClO/c1-11(13)7-3-4-8-9(11)5-2-6-10(8)12/h2,5-6,13H,3-4,7H2,1H3. The summed E-state index contributed by atoms with van der Waals surface area (Å²) in [6.45, 7) is 1.86. The van der Waals surface area contributed by atoms with Crippen LogP contribution in [0.1, 0.15) is 30.9 Å². The van der Waals surface area contributed by atoms with Gasteiger partial charge in [-0.3, -0.25) is 0 Å². The van der Waals surface area contributed by atoms with Gasteiger partial charge in [-0.15, -0.1) is 0 Å². The maximum Gasteiger partial charge on any atom is 0.0871 e. The van der Waals surface area contributed by atoms with Crippen LogP contribution in [0, 0.1) is 0 Å². The van der Waals surface area contributed by atoms with Gasteiger partial charge in [0.15, 0.2) is 0 Å². The van der Waals surface area contributed by atoms with Gasteiger partial charge in [0.2, 0.25) is 0 Å². The number of fused-ring (bicyclic) bond motifs is 1. The van der Waals surface area contributed by atoms with Crippen molar-refractivity contribution in [3.8, 4) is 0 Å². The molecule has 1 aliphatic carbocycles. The molecule has 70 valence electrons. The number of halogens is 1. The molecular formula is C11H13ClO. The fourth-order valence-corrected chi connectivity index (χ4v) is 2.33. The molecule has 0 aromatic heterocycles. The molecule has 2 heteroatoms. The second-order valence-corrected chi connectivity index (χ2v) is 4.30. The predicted molar refractivity (Wildman–Crippen MR) is 54.0 cm³/mol. The van der Waals surface area contributed by atoms with Crippen LogP contribution in [-0.4, -0.2) is 5.11 Å². The molecular weight excluding hydrogens is 184 g/mol. The fourth-order valence-electron chi connectivity index (χ4n) is 2.06.